The summed E-state index contributed by atoms with van der Waals surface area (Å²) in [6.45, 7) is 11.8. The number of allylic oxidation sites excluding steroid dienone is 1. The number of likely N-dealkylation sites (N-methyl/N-ethyl adjacent to an activating group) is 1. The van der Waals surface area contributed by atoms with Crippen molar-refractivity contribution >= 4 is 45.9 Å². The van der Waals surface area contributed by atoms with E-state index in [9.17, 15) is 4.79 Å². The highest BCUT2D eigenvalue weighted by Crippen LogP contribution is 2.39. The van der Waals surface area contributed by atoms with Crippen LogP contribution < -0.4 is 10.2 Å². The van der Waals surface area contributed by atoms with E-state index in [0.29, 0.717) is 10.1 Å². The van der Waals surface area contributed by atoms with Gasteiger partial charge in [0.25, 0.3) is 5.91 Å². The van der Waals surface area contributed by atoms with Gasteiger partial charge in [0, 0.05) is 17.8 Å². The molecule has 2 aliphatic heterocycles. The fourth-order valence-corrected chi connectivity index (χ4v) is 5.03. The van der Waals surface area contributed by atoms with Crippen molar-refractivity contribution in [3.63, 3.8) is 0 Å². The van der Waals surface area contributed by atoms with Crippen molar-refractivity contribution in [1.29, 1.82) is 0 Å². The summed E-state index contributed by atoms with van der Waals surface area (Å²) in [6.07, 6.45) is 4.27. The Labute approximate surface area is 182 Å². The van der Waals surface area contributed by atoms with Crippen LogP contribution in [0, 0.1) is 6.92 Å². The molecule has 0 aromatic heterocycles. The Kier molecular flexibility index (Phi) is 5.33. The van der Waals surface area contributed by atoms with Crippen molar-refractivity contribution in [3.05, 3.63) is 70.1 Å². The van der Waals surface area contributed by atoms with Gasteiger partial charge in [-0.25, -0.2) is 4.99 Å². The van der Waals surface area contributed by atoms with E-state index < -0.39 is 0 Å². The third-order valence-corrected chi connectivity index (χ3v) is 6.51. The van der Waals surface area contributed by atoms with E-state index in [0.717, 1.165) is 23.4 Å². The first kappa shape index (κ1) is 20.5. The zero-order valence-corrected chi connectivity index (χ0v) is 18.9. The molecule has 1 fully saturated rings. The number of fused-ring (bicyclic) bond motifs is 1. The first-order chi connectivity index (χ1) is 14.3. The average Bonchev–Trinajstić information content (AvgIpc) is 3.02. The van der Waals surface area contributed by atoms with Gasteiger partial charge in [-0.05, 0) is 87.4 Å². The molecule has 4 nitrogen and oxygen atoms in total. The monoisotopic (exact) mass is 417 g/mol. The molecule has 154 valence electrons. The van der Waals surface area contributed by atoms with Gasteiger partial charge >= 0.3 is 0 Å². The number of nitrogens with zero attached hydrogens (tertiary/aromatic N) is 2. The number of hydrogen-bond acceptors (Lipinski definition) is 4. The van der Waals surface area contributed by atoms with Crippen molar-refractivity contribution < 1.29 is 4.79 Å². The van der Waals surface area contributed by atoms with Crippen LogP contribution in [0.2, 0.25) is 0 Å². The Morgan fingerprint density at radius 3 is 2.67 bits per heavy atom. The lowest BCUT2D eigenvalue weighted by atomic mass is 9.88. The van der Waals surface area contributed by atoms with Crippen molar-refractivity contribution in [3.8, 4) is 0 Å². The van der Waals surface area contributed by atoms with Gasteiger partial charge in [0.1, 0.15) is 0 Å². The summed E-state index contributed by atoms with van der Waals surface area (Å²) in [4.78, 5) is 20.2. The molecule has 1 saturated heterocycles. The molecule has 0 radical (unpaired) electrons. The number of hydrogen-bond donors (Lipinski definition) is 1. The van der Waals surface area contributed by atoms with Gasteiger partial charge in [0.05, 0.1) is 16.1 Å². The van der Waals surface area contributed by atoms with Gasteiger partial charge in [0.15, 0.2) is 5.17 Å². The fraction of sp³-hybridized carbons (Fsp3) is 0.280. The summed E-state index contributed by atoms with van der Waals surface area (Å²) in [5, 5.41) is 3.50. The highest BCUT2D eigenvalue weighted by atomic mass is 32.2. The number of benzene rings is 2. The van der Waals surface area contributed by atoms with Crippen LogP contribution >= 0.6 is 11.8 Å². The zero-order chi connectivity index (χ0) is 21.5. The molecule has 2 aromatic rings. The number of amidine groups is 1. The fourth-order valence-electron chi connectivity index (χ4n) is 4.20. The van der Waals surface area contributed by atoms with Crippen molar-refractivity contribution in [2.75, 3.05) is 11.4 Å². The van der Waals surface area contributed by atoms with Crippen molar-refractivity contribution in [2.45, 2.75) is 40.2 Å². The van der Waals surface area contributed by atoms with Crippen LogP contribution in [-0.4, -0.2) is 23.2 Å². The maximum absolute atomic E-state index is 12.5. The maximum Gasteiger partial charge on any atom is 0.264 e. The highest BCUT2D eigenvalue weighted by Gasteiger charge is 2.30. The minimum absolute atomic E-state index is 0.00601. The van der Waals surface area contributed by atoms with E-state index in [-0.39, 0.29) is 11.4 Å². The van der Waals surface area contributed by atoms with Crippen LogP contribution in [-0.2, 0) is 4.79 Å². The number of carbonyl (C=O) groups is 1. The SMILES string of the molecule is CCN1c2ccc(/C=C3\SC(=Nc4ccccc4C)NC3=O)cc2C(C)=CC1(C)C. The van der Waals surface area contributed by atoms with E-state index in [1.54, 1.807) is 0 Å². The number of aliphatic imine (C=N–C) groups is 1. The highest BCUT2D eigenvalue weighted by molar-refractivity contribution is 8.18. The molecule has 2 aromatic carbocycles. The van der Waals surface area contributed by atoms with Gasteiger partial charge in [-0.2, -0.15) is 0 Å². The largest absolute Gasteiger partial charge is 0.363 e. The van der Waals surface area contributed by atoms with E-state index in [1.807, 2.05) is 37.3 Å². The lowest BCUT2D eigenvalue weighted by Gasteiger charge is -2.42. The second-order valence-electron chi connectivity index (χ2n) is 8.27. The van der Waals surface area contributed by atoms with Crippen molar-refractivity contribution in [1.82, 2.24) is 5.32 Å². The Morgan fingerprint density at radius 1 is 1.17 bits per heavy atom. The molecule has 5 heteroatoms. The molecule has 4 rings (SSSR count). The van der Waals surface area contributed by atoms with Crippen LogP contribution in [0.25, 0.3) is 11.6 Å². The summed E-state index contributed by atoms with van der Waals surface area (Å²) in [7, 11) is 0. The molecular formula is C25H27N3OS. The molecule has 0 bridgehead atoms. The Morgan fingerprint density at radius 2 is 1.93 bits per heavy atom. The Balaban J connectivity index is 1.64. The van der Waals surface area contributed by atoms with E-state index in [2.05, 4.69) is 67.2 Å². The first-order valence-electron chi connectivity index (χ1n) is 10.3. The van der Waals surface area contributed by atoms with Crippen LogP contribution in [0.5, 0.6) is 0 Å². The smallest absolute Gasteiger partial charge is 0.264 e. The predicted octanol–water partition coefficient (Wildman–Crippen LogP) is 5.91. The summed E-state index contributed by atoms with van der Waals surface area (Å²) >= 11 is 1.39. The first-order valence-corrected chi connectivity index (χ1v) is 11.1. The molecule has 1 amide bonds. The second-order valence-corrected chi connectivity index (χ2v) is 9.30. The zero-order valence-electron chi connectivity index (χ0n) is 18.1. The molecule has 2 heterocycles. The average molecular weight is 418 g/mol. The topological polar surface area (TPSA) is 44.7 Å². The molecule has 0 spiro atoms. The maximum atomic E-state index is 12.5. The number of rotatable bonds is 3. The number of carbonyl (C=O) groups excluding carboxylic acids is 1. The van der Waals surface area contributed by atoms with Crippen LogP contribution in [0.3, 0.4) is 0 Å². The van der Waals surface area contributed by atoms with E-state index in [1.165, 1.54) is 28.6 Å². The summed E-state index contributed by atoms with van der Waals surface area (Å²) in [5.74, 6) is -0.103. The van der Waals surface area contributed by atoms with Gasteiger partial charge in [0.2, 0.25) is 0 Å². The molecule has 30 heavy (non-hydrogen) atoms. The molecule has 0 atom stereocenters. The molecule has 1 N–H and O–H groups in total. The quantitative estimate of drug-likeness (QED) is 0.632. The molecule has 0 aliphatic carbocycles. The van der Waals surface area contributed by atoms with Gasteiger partial charge in [-0.3, -0.25) is 4.79 Å². The number of nitrogens with one attached hydrogen (secondary N) is 1. The minimum Gasteiger partial charge on any atom is -0.363 e. The summed E-state index contributed by atoms with van der Waals surface area (Å²) in [5.41, 5.74) is 6.71. The normalized spacial score (nSPS) is 20.4. The van der Waals surface area contributed by atoms with Crippen LogP contribution in [0.15, 0.2) is 58.4 Å². The number of amides is 1. The van der Waals surface area contributed by atoms with Gasteiger partial charge in [-0.1, -0.05) is 30.3 Å². The van der Waals surface area contributed by atoms with E-state index in [4.69, 9.17) is 0 Å². The lowest BCUT2D eigenvalue weighted by Crippen LogP contribution is -2.44. The van der Waals surface area contributed by atoms with Crippen LogP contribution in [0.4, 0.5) is 11.4 Å². The molecule has 0 unspecified atom stereocenters. The number of para-hydroxylation sites is 1. The van der Waals surface area contributed by atoms with E-state index >= 15 is 0 Å². The predicted molar refractivity (Wildman–Crippen MR) is 129 cm³/mol. The Hall–Kier alpha value is -2.79. The Bertz CT molecular complexity index is 1110. The van der Waals surface area contributed by atoms with Crippen molar-refractivity contribution in [2.24, 2.45) is 4.99 Å². The summed E-state index contributed by atoms with van der Waals surface area (Å²) < 4.78 is 0. The molecular weight excluding hydrogens is 390 g/mol. The third kappa shape index (κ3) is 3.82. The second kappa shape index (κ2) is 7.80. The minimum atomic E-state index is -0.103. The molecule has 0 saturated carbocycles. The lowest BCUT2D eigenvalue weighted by molar-refractivity contribution is -0.115. The third-order valence-electron chi connectivity index (χ3n) is 5.60. The van der Waals surface area contributed by atoms with Gasteiger partial charge < -0.3 is 10.2 Å². The number of anilines is 1. The van der Waals surface area contributed by atoms with Crippen LogP contribution in [0.1, 0.15) is 44.4 Å². The number of thioether (sulfide) groups is 1. The van der Waals surface area contributed by atoms with Gasteiger partial charge in [-0.15, -0.1) is 0 Å². The summed E-state index contributed by atoms with van der Waals surface area (Å²) in [6, 6.07) is 14.3. The standard InChI is InChI=1S/C25H27N3OS/c1-6-28-21-12-11-18(13-19(21)17(3)15-25(28,4)5)14-22-23(29)27-24(30-22)26-20-10-8-7-9-16(20)2/h7-15H,6H2,1-5H3,(H,26,27,29)/b22-14-. The molecule has 2 aliphatic rings. The number of aryl methyl sites for hydroxylation is 1.